The molecule has 3 nitrogen and oxygen atoms in total. The third-order valence-corrected chi connectivity index (χ3v) is 5.67. The van der Waals surface area contributed by atoms with Crippen molar-refractivity contribution >= 4 is 11.6 Å². The molecule has 0 saturated heterocycles. The monoisotopic (exact) mass is 384 g/mol. The molecule has 0 spiro atoms. The highest BCUT2D eigenvalue weighted by molar-refractivity contribution is 6.25. The molecule has 0 N–H and O–H groups in total. The van der Waals surface area contributed by atoms with E-state index >= 15 is 0 Å². The third-order valence-electron chi connectivity index (χ3n) is 5.67. The zero-order chi connectivity index (χ0) is 20.7. The molecule has 146 valence electrons. The Hall–Kier alpha value is -3.20. The molecule has 1 aliphatic rings. The van der Waals surface area contributed by atoms with E-state index in [0.717, 1.165) is 44.9 Å². The van der Waals surface area contributed by atoms with Crippen molar-refractivity contribution in [2.24, 2.45) is 0 Å². The molecule has 3 aromatic rings. The van der Waals surface area contributed by atoms with Crippen LogP contribution in [-0.2, 0) is 16.0 Å². The number of carbonyl (C=O) groups excluding carboxylic acids is 2. The average molecular weight is 384 g/mol. The molecule has 0 amide bonds. The largest absolute Gasteiger partial charge is 0.461 e. The first-order valence-electron chi connectivity index (χ1n) is 9.86. The predicted molar refractivity (Wildman–Crippen MR) is 114 cm³/mol. The van der Waals surface area contributed by atoms with Gasteiger partial charge in [-0.3, -0.25) is 9.59 Å². The first kappa shape index (κ1) is 19.1. The molecule has 1 aromatic heterocycles. The van der Waals surface area contributed by atoms with Crippen LogP contribution in [0.2, 0.25) is 0 Å². The molecular weight excluding hydrogens is 360 g/mol. The Balaban J connectivity index is 1.62. The summed E-state index contributed by atoms with van der Waals surface area (Å²) in [6.45, 7) is 7.87. The van der Waals surface area contributed by atoms with E-state index in [0.29, 0.717) is 12.0 Å². The van der Waals surface area contributed by atoms with E-state index < -0.39 is 5.92 Å². The lowest BCUT2D eigenvalue weighted by Gasteiger charge is -2.16. The van der Waals surface area contributed by atoms with Crippen LogP contribution >= 0.6 is 0 Å². The number of rotatable bonds is 4. The molecule has 1 unspecified atom stereocenters. The van der Waals surface area contributed by atoms with E-state index in [2.05, 4.69) is 0 Å². The van der Waals surface area contributed by atoms with Gasteiger partial charge in [0.2, 0.25) is 0 Å². The van der Waals surface area contributed by atoms with Crippen LogP contribution in [0.3, 0.4) is 0 Å². The maximum atomic E-state index is 13.2. The van der Waals surface area contributed by atoms with E-state index in [1.165, 1.54) is 6.08 Å². The molecule has 0 aliphatic heterocycles. The van der Waals surface area contributed by atoms with E-state index in [1.807, 2.05) is 76.2 Å². The summed E-state index contributed by atoms with van der Waals surface area (Å²) in [5, 5.41) is 0. The summed E-state index contributed by atoms with van der Waals surface area (Å²) in [5.41, 5.74) is 6.47. The fraction of sp³-hybridized carbons (Fsp3) is 0.231. The summed E-state index contributed by atoms with van der Waals surface area (Å²) in [5.74, 6) is 0.621. The van der Waals surface area contributed by atoms with Crippen molar-refractivity contribution in [3.05, 3.63) is 93.8 Å². The summed E-state index contributed by atoms with van der Waals surface area (Å²) in [6.07, 6.45) is 1.94. The van der Waals surface area contributed by atoms with Gasteiger partial charge in [0.1, 0.15) is 17.4 Å². The number of carbonyl (C=O) groups is 2. The van der Waals surface area contributed by atoms with Gasteiger partial charge in [-0.15, -0.1) is 0 Å². The maximum Gasteiger partial charge on any atom is 0.174 e. The van der Waals surface area contributed by atoms with Crippen LogP contribution in [0.25, 0.3) is 11.3 Å². The molecule has 2 aromatic carbocycles. The minimum Gasteiger partial charge on any atom is -0.461 e. The van der Waals surface area contributed by atoms with Gasteiger partial charge in [-0.05, 0) is 62.1 Å². The van der Waals surface area contributed by atoms with E-state index in [-0.39, 0.29) is 11.6 Å². The number of hydrogen-bond acceptors (Lipinski definition) is 3. The number of aryl methyl sites for hydroxylation is 4. The SMILES string of the molecule is Cc1cc(C)c(C2C(=O)C=C(Cc3cc(-c4ccccc4)oc3C)C2=O)c(C)c1. The molecule has 1 heterocycles. The zero-order valence-electron chi connectivity index (χ0n) is 17.2. The number of allylic oxidation sites excluding steroid dienone is 2. The molecule has 0 radical (unpaired) electrons. The molecular formula is C26H24O3. The average Bonchev–Trinajstić information content (AvgIpc) is 3.16. The molecule has 1 atom stereocenters. The number of hydrogen-bond donors (Lipinski definition) is 0. The molecule has 3 heteroatoms. The van der Waals surface area contributed by atoms with Gasteiger partial charge in [-0.1, -0.05) is 48.0 Å². The Morgan fingerprint density at radius 2 is 1.55 bits per heavy atom. The summed E-state index contributed by atoms with van der Waals surface area (Å²) in [4.78, 5) is 25.9. The minimum absolute atomic E-state index is 0.0908. The van der Waals surface area contributed by atoms with Gasteiger partial charge in [0, 0.05) is 17.6 Å². The lowest BCUT2D eigenvalue weighted by molar-refractivity contribution is -0.122. The maximum absolute atomic E-state index is 13.2. The van der Waals surface area contributed by atoms with Crippen LogP contribution in [0.5, 0.6) is 0 Å². The fourth-order valence-electron chi connectivity index (χ4n) is 4.34. The van der Waals surface area contributed by atoms with Crippen LogP contribution in [0.4, 0.5) is 0 Å². The third kappa shape index (κ3) is 3.49. The lowest BCUT2D eigenvalue weighted by Crippen LogP contribution is -2.18. The van der Waals surface area contributed by atoms with Crippen LogP contribution < -0.4 is 0 Å². The number of furan rings is 1. The van der Waals surface area contributed by atoms with Gasteiger partial charge in [0.15, 0.2) is 11.6 Å². The van der Waals surface area contributed by atoms with Gasteiger partial charge < -0.3 is 4.42 Å². The summed E-state index contributed by atoms with van der Waals surface area (Å²) >= 11 is 0. The highest BCUT2D eigenvalue weighted by Crippen LogP contribution is 2.35. The van der Waals surface area contributed by atoms with Crippen molar-refractivity contribution in [3.63, 3.8) is 0 Å². The second kappa shape index (κ2) is 7.32. The first-order valence-corrected chi connectivity index (χ1v) is 9.86. The first-order chi connectivity index (χ1) is 13.8. The summed E-state index contributed by atoms with van der Waals surface area (Å²) < 4.78 is 5.91. The molecule has 0 saturated carbocycles. The van der Waals surface area contributed by atoms with Crippen molar-refractivity contribution in [2.45, 2.75) is 40.0 Å². The Bertz CT molecular complexity index is 1120. The van der Waals surface area contributed by atoms with Gasteiger partial charge in [0.25, 0.3) is 0 Å². The predicted octanol–water partition coefficient (Wildman–Crippen LogP) is 5.58. The van der Waals surface area contributed by atoms with Crippen LogP contribution in [0.1, 0.15) is 39.5 Å². The van der Waals surface area contributed by atoms with E-state index in [1.54, 1.807) is 0 Å². The summed E-state index contributed by atoms with van der Waals surface area (Å²) in [6, 6.07) is 15.9. The molecule has 0 fully saturated rings. The Morgan fingerprint density at radius 1 is 0.897 bits per heavy atom. The fourth-order valence-corrected chi connectivity index (χ4v) is 4.34. The van der Waals surface area contributed by atoms with Gasteiger partial charge in [0.05, 0.1) is 0 Å². The van der Waals surface area contributed by atoms with Crippen LogP contribution in [0.15, 0.2) is 64.6 Å². The lowest BCUT2D eigenvalue weighted by atomic mass is 9.85. The van der Waals surface area contributed by atoms with Crippen molar-refractivity contribution in [1.29, 1.82) is 0 Å². The second-order valence-electron chi connectivity index (χ2n) is 7.92. The van der Waals surface area contributed by atoms with Gasteiger partial charge in [-0.25, -0.2) is 0 Å². The standard InChI is InChI=1S/C26H24O3/c1-15-10-16(2)24(17(3)11-15)25-22(27)13-21(26(25)28)12-20-14-23(29-18(20)4)19-8-6-5-7-9-19/h5-11,13-14,25H,12H2,1-4H3. The topological polar surface area (TPSA) is 47.3 Å². The number of ketones is 2. The number of Topliss-reactive ketones (excluding diaryl/α,β-unsaturated/α-hetero) is 1. The minimum atomic E-state index is -0.716. The van der Waals surface area contributed by atoms with Gasteiger partial charge in [-0.2, -0.15) is 0 Å². The van der Waals surface area contributed by atoms with Gasteiger partial charge >= 0.3 is 0 Å². The van der Waals surface area contributed by atoms with Crippen molar-refractivity contribution in [3.8, 4) is 11.3 Å². The summed E-state index contributed by atoms with van der Waals surface area (Å²) in [7, 11) is 0. The Morgan fingerprint density at radius 3 is 2.21 bits per heavy atom. The van der Waals surface area contributed by atoms with Crippen molar-refractivity contribution < 1.29 is 14.0 Å². The highest BCUT2D eigenvalue weighted by Gasteiger charge is 2.37. The highest BCUT2D eigenvalue weighted by atomic mass is 16.3. The Kier molecular flexibility index (Phi) is 4.83. The second-order valence-corrected chi connectivity index (χ2v) is 7.92. The van der Waals surface area contributed by atoms with Crippen LogP contribution in [0, 0.1) is 27.7 Å². The molecule has 29 heavy (non-hydrogen) atoms. The van der Waals surface area contributed by atoms with Crippen molar-refractivity contribution in [2.75, 3.05) is 0 Å². The normalized spacial score (nSPS) is 16.4. The molecule has 0 bridgehead atoms. The zero-order valence-corrected chi connectivity index (χ0v) is 17.2. The number of benzene rings is 2. The molecule has 4 rings (SSSR count). The smallest absolute Gasteiger partial charge is 0.174 e. The Labute approximate surface area is 171 Å². The van der Waals surface area contributed by atoms with E-state index in [4.69, 9.17) is 4.42 Å². The quantitative estimate of drug-likeness (QED) is 0.551. The van der Waals surface area contributed by atoms with E-state index in [9.17, 15) is 9.59 Å². The molecule has 1 aliphatic carbocycles. The van der Waals surface area contributed by atoms with Crippen molar-refractivity contribution in [1.82, 2.24) is 0 Å². The van der Waals surface area contributed by atoms with Crippen LogP contribution in [-0.4, -0.2) is 11.6 Å².